The summed E-state index contributed by atoms with van der Waals surface area (Å²) < 4.78 is 22.3. The van der Waals surface area contributed by atoms with Crippen molar-refractivity contribution in [2.45, 2.75) is 51.9 Å². The molecular formula is C24H25NO6. The summed E-state index contributed by atoms with van der Waals surface area (Å²) in [5.74, 6) is -0.464. The highest BCUT2D eigenvalue weighted by molar-refractivity contribution is 5.90. The van der Waals surface area contributed by atoms with E-state index < -0.39 is 29.7 Å². The van der Waals surface area contributed by atoms with Gasteiger partial charge in [0, 0.05) is 12.0 Å². The first-order chi connectivity index (χ1) is 14.6. The van der Waals surface area contributed by atoms with Crippen LogP contribution in [0.5, 0.6) is 11.5 Å². The van der Waals surface area contributed by atoms with Gasteiger partial charge in [-0.3, -0.25) is 4.79 Å². The molecule has 0 bridgehead atoms. The van der Waals surface area contributed by atoms with Crippen molar-refractivity contribution in [2.24, 2.45) is 0 Å². The number of ether oxygens (including phenoxy) is 4. The summed E-state index contributed by atoms with van der Waals surface area (Å²) in [4.78, 5) is 24.7. The largest absolute Gasteiger partial charge is 0.469 e. The number of hydrogen-bond acceptors (Lipinski definition) is 7. The number of esters is 2. The fourth-order valence-electron chi connectivity index (χ4n) is 3.33. The molecule has 0 amide bonds. The number of rotatable bonds is 4. The fraction of sp³-hybridized carbons (Fsp3) is 0.375. The number of benzene rings is 2. The Morgan fingerprint density at radius 1 is 1.16 bits per heavy atom. The third-order valence-corrected chi connectivity index (χ3v) is 4.75. The SMILES string of the molecule is COC(=O)C1CC(Oc2ccc(C(=O)OC(C)(C)C)cc2C)Oc2ccc(C#N)cc21. The van der Waals surface area contributed by atoms with Gasteiger partial charge in [-0.1, -0.05) is 0 Å². The average molecular weight is 423 g/mol. The molecule has 1 heterocycles. The second kappa shape index (κ2) is 8.68. The molecular weight excluding hydrogens is 398 g/mol. The van der Waals surface area contributed by atoms with Crippen molar-refractivity contribution < 1.29 is 28.5 Å². The molecule has 0 fully saturated rings. The Morgan fingerprint density at radius 3 is 2.52 bits per heavy atom. The Balaban J connectivity index is 1.82. The van der Waals surface area contributed by atoms with Gasteiger partial charge in [-0.2, -0.15) is 5.26 Å². The minimum Gasteiger partial charge on any atom is -0.469 e. The molecule has 7 nitrogen and oxygen atoms in total. The molecule has 31 heavy (non-hydrogen) atoms. The number of carbonyl (C=O) groups excluding carboxylic acids is 2. The van der Waals surface area contributed by atoms with Crippen molar-refractivity contribution in [2.75, 3.05) is 7.11 Å². The number of aryl methyl sites for hydroxylation is 1. The van der Waals surface area contributed by atoms with Crippen LogP contribution < -0.4 is 9.47 Å². The van der Waals surface area contributed by atoms with Crippen molar-refractivity contribution in [3.8, 4) is 17.6 Å². The van der Waals surface area contributed by atoms with E-state index in [0.717, 1.165) is 5.56 Å². The fourth-order valence-corrected chi connectivity index (χ4v) is 3.33. The van der Waals surface area contributed by atoms with Crippen molar-refractivity contribution in [3.05, 3.63) is 58.7 Å². The van der Waals surface area contributed by atoms with E-state index in [1.54, 1.807) is 36.4 Å². The number of fused-ring (bicyclic) bond motifs is 1. The minimum atomic E-state index is -0.740. The molecule has 2 atom stereocenters. The summed E-state index contributed by atoms with van der Waals surface area (Å²) in [5, 5.41) is 9.16. The van der Waals surface area contributed by atoms with E-state index in [0.29, 0.717) is 28.2 Å². The van der Waals surface area contributed by atoms with Gasteiger partial charge in [0.05, 0.1) is 30.2 Å². The molecule has 0 radical (unpaired) electrons. The Bertz CT molecular complexity index is 1050. The third kappa shape index (κ3) is 5.15. The summed E-state index contributed by atoms with van der Waals surface area (Å²) in [7, 11) is 1.32. The number of nitrogens with zero attached hydrogens (tertiary/aromatic N) is 1. The molecule has 0 spiro atoms. The molecule has 3 rings (SSSR count). The van der Waals surface area contributed by atoms with Gasteiger partial charge in [-0.15, -0.1) is 0 Å². The summed E-state index contributed by atoms with van der Waals surface area (Å²) >= 11 is 0. The number of hydrogen-bond donors (Lipinski definition) is 0. The zero-order valence-electron chi connectivity index (χ0n) is 18.2. The van der Waals surface area contributed by atoms with E-state index in [4.69, 9.17) is 24.2 Å². The van der Waals surface area contributed by atoms with Crippen LogP contribution >= 0.6 is 0 Å². The first-order valence-electron chi connectivity index (χ1n) is 9.90. The maximum Gasteiger partial charge on any atom is 0.338 e. The minimum absolute atomic E-state index is 0.224. The molecule has 7 heteroatoms. The lowest BCUT2D eigenvalue weighted by atomic mass is 9.91. The molecule has 2 aromatic rings. The molecule has 1 aliphatic rings. The van der Waals surface area contributed by atoms with Gasteiger partial charge >= 0.3 is 11.9 Å². The second-order valence-electron chi connectivity index (χ2n) is 8.32. The molecule has 0 aliphatic carbocycles. The van der Waals surface area contributed by atoms with Crippen LogP contribution in [-0.4, -0.2) is 30.9 Å². The molecule has 1 aliphatic heterocycles. The van der Waals surface area contributed by atoms with Crippen LogP contribution in [0.1, 0.15) is 60.2 Å². The molecule has 2 unspecified atom stereocenters. The van der Waals surface area contributed by atoms with Crippen molar-refractivity contribution in [1.82, 2.24) is 0 Å². The first-order valence-corrected chi connectivity index (χ1v) is 9.90. The second-order valence-corrected chi connectivity index (χ2v) is 8.32. The average Bonchev–Trinajstić information content (AvgIpc) is 2.72. The molecule has 0 saturated heterocycles. The summed E-state index contributed by atoms with van der Waals surface area (Å²) in [6.07, 6.45) is -0.516. The van der Waals surface area contributed by atoms with Gasteiger partial charge in [0.2, 0.25) is 6.29 Å². The van der Waals surface area contributed by atoms with E-state index in [1.807, 2.05) is 27.7 Å². The molecule has 0 aromatic heterocycles. The van der Waals surface area contributed by atoms with Crippen molar-refractivity contribution >= 4 is 11.9 Å². The van der Waals surface area contributed by atoms with Crippen LogP contribution in [0.25, 0.3) is 0 Å². The van der Waals surface area contributed by atoms with Gasteiger partial charge in [-0.05, 0) is 69.7 Å². The highest BCUT2D eigenvalue weighted by Gasteiger charge is 2.35. The summed E-state index contributed by atoms with van der Waals surface area (Å²) in [5.41, 5.74) is 1.60. The van der Waals surface area contributed by atoms with Crippen molar-refractivity contribution in [3.63, 3.8) is 0 Å². The smallest absolute Gasteiger partial charge is 0.338 e. The number of methoxy groups -OCH3 is 1. The van der Waals surface area contributed by atoms with E-state index >= 15 is 0 Å². The lowest BCUT2D eigenvalue weighted by Gasteiger charge is -2.31. The predicted octanol–water partition coefficient (Wildman–Crippen LogP) is 4.27. The van der Waals surface area contributed by atoms with E-state index in [-0.39, 0.29) is 6.42 Å². The molecule has 0 saturated carbocycles. The Morgan fingerprint density at radius 2 is 1.90 bits per heavy atom. The monoisotopic (exact) mass is 423 g/mol. The quantitative estimate of drug-likeness (QED) is 0.678. The lowest BCUT2D eigenvalue weighted by Crippen LogP contribution is -2.34. The zero-order valence-corrected chi connectivity index (χ0v) is 18.2. The first kappa shape index (κ1) is 22.2. The van der Waals surface area contributed by atoms with Crippen molar-refractivity contribution in [1.29, 1.82) is 5.26 Å². The van der Waals surface area contributed by atoms with Crippen LogP contribution in [0.3, 0.4) is 0 Å². The molecule has 2 aromatic carbocycles. The highest BCUT2D eigenvalue weighted by Crippen LogP contribution is 2.38. The summed E-state index contributed by atoms with van der Waals surface area (Å²) in [6, 6.07) is 12.0. The maximum absolute atomic E-state index is 12.4. The number of nitriles is 1. The highest BCUT2D eigenvalue weighted by atomic mass is 16.7. The van der Waals surface area contributed by atoms with Gasteiger partial charge in [-0.25, -0.2) is 4.79 Å². The molecule has 162 valence electrons. The maximum atomic E-state index is 12.4. The number of carbonyl (C=O) groups is 2. The van der Waals surface area contributed by atoms with E-state index in [2.05, 4.69) is 6.07 Å². The van der Waals surface area contributed by atoms with E-state index in [1.165, 1.54) is 7.11 Å². The Labute approximate surface area is 181 Å². The third-order valence-electron chi connectivity index (χ3n) is 4.75. The van der Waals surface area contributed by atoms with Crippen LogP contribution in [0.4, 0.5) is 0 Å². The topological polar surface area (TPSA) is 94.8 Å². The van der Waals surface area contributed by atoms with Crippen LogP contribution in [0.2, 0.25) is 0 Å². The standard InChI is InChI=1S/C24H25NO6/c1-14-10-16(22(26)31-24(2,3)4)7-9-19(14)29-21-12-18(23(27)28-5)17-11-15(13-25)6-8-20(17)30-21/h6-11,18,21H,12H2,1-5H3. The van der Waals surface area contributed by atoms with Gasteiger partial charge in [0.1, 0.15) is 17.1 Å². The van der Waals surface area contributed by atoms with E-state index in [9.17, 15) is 9.59 Å². The molecule has 0 N–H and O–H groups in total. The summed E-state index contributed by atoms with van der Waals surface area (Å²) in [6.45, 7) is 7.25. The van der Waals surface area contributed by atoms with Gasteiger partial charge < -0.3 is 18.9 Å². The lowest BCUT2D eigenvalue weighted by molar-refractivity contribution is -0.145. The predicted molar refractivity (Wildman–Crippen MR) is 112 cm³/mol. The Kier molecular flexibility index (Phi) is 6.21. The van der Waals surface area contributed by atoms with Crippen LogP contribution in [-0.2, 0) is 14.3 Å². The Hall–Kier alpha value is -3.53. The van der Waals surface area contributed by atoms with Crippen LogP contribution in [0, 0.1) is 18.3 Å². The zero-order chi connectivity index (χ0) is 22.8. The normalized spacial score (nSPS) is 17.5. The van der Waals surface area contributed by atoms with Crippen LogP contribution in [0.15, 0.2) is 36.4 Å². The van der Waals surface area contributed by atoms with Gasteiger partial charge in [0.25, 0.3) is 0 Å². The van der Waals surface area contributed by atoms with Gasteiger partial charge in [0.15, 0.2) is 0 Å².